The lowest BCUT2D eigenvalue weighted by Gasteiger charge is -2.09. The Balaban J connectivity index is 1.74. The highest BCUT2D eigenvalue weighted by Gasteiger charge is 2.10. The van der Waals surface area contributed by atoms with Crippen LogP contribution in [0.5, 0.6) is 0 Å². The van der Waals surface area contributed by atoms with Crippen molar-refractivity contribution in [3.05, 3.63) is 77.7 Å². The minimum absolute atomic E-state index is 0.0226. The Morgan fingerprint density at radius 3 is 2.38 bits per heavy atom. The van der Waals surface area contributed by atoms with Gasteiger partial charge in [0.25, 0.3) is 5.91 Å². The topological polar surface area (TPSA) is 84.0 Å². The molecule has 0 radical (unpaired) electrons. The Morgan fingerprint density at radius 1 is 0.962 bits per heavy atom. The number of rotatable bonds is 5. The van der Waals surface area contributed by atoms with Gasteiger partial charge in [-0.15, -0.1) is 0 Å². The smallest absolute Gasteiger partial charge is 0.274 e. The van der Waals surface area contributed by atoms with Crippen molar-refractivity contribution in [2.24, 2.45) is 0 Å². The van der Waals surface area contributed by atoms with Gasteiger partial charge >= 0.3 is 0 Å². The maximum atomic E-state index is 12.4. The fourth-order valence-corrected chi connectivity index (χ4v) is 2.38. The van der Waals surface area contributed by atoms with Gasteiger partial charge in [-0.2, -0.15) is 0 Å². The first-order valence-electron chi connectivity index (χ1n) is 8.10. The van der Waals surface area contributed by atoms with Crippen molar-refractivity contribution >= 4 is 28.9 Å². The highest BCUT2D eigenvalue weighted by molar-refractivity contribution is 6.03. The number of para-hydroxylation sites is 1. The highest BCUT2D eigenvalue weighted by atomic mass is 16.2. The predicted molar refractivity (Wildman–Crippen MR) is 101 cm³/mol. The van der Waals surface area contributed by atoms with Gasteiger partial charge in [0.05, 0.1) is 0 Å². The molecule has 130 valence electrons. The van der Waals surface area contributed by atoms with Crippen molar-refractivity contribution in [3.63, 3.8) is 0 Å². The van der Waals surface area contributed by atoms with Gasteiger partial charge in [-0.1, -0.05) is 18.2 Å². The number of amides is 1. The summed E-state index contributed by atoms with van der Waals surface area (Å²) in [5.41, 5.74) is 3.41. The molecule has 1 amide bonds. The van der Waals surface area contributed by atoms with Crippen LogP contribution in [0, 0.1) is 6.92 Å². The summed E-state index contributed by atoms with van der Waals surface area (Å²) in [6.45, 7) is 3.49. The first-order valence-corrected chi connectivity index (χ1v) is 8.10. The number of hydrogen-bond donors (Lipinski definition) is 2. The molecule has 2 aromatic carbocycles. The lowest BCUT2D eigenvalue weighted by atomic mass is 10.1. The standard InChI is InChI=1S/C20H18N4O2/c1-13-5-3-4-6-17(13)24-19-11-18(21-12-22-19)20(26)23-16-9-7-15(8-10-16)14(2)25/h3-12H,1-2H3,(H,23,26)(H,21,22,24). The third kappa shape index (κ3) is 4.10. The van der Waals surface area contributed by atoms with Crippen LogP contribution in [0.15, 0.2) is 60.9 Å². The summed E-state index contributed by atoms with van der Waals surface area (Å²) >= 11 is 0. The van der Waals surface area contributed by atoms with E-state index in [0.717, 1.165) is 11.3 Å². The average Bonchev–Trinajstić information content (AvgIpc) is 2.64. The SMILES string of the molecule is CC(=O)c1ccc(NC(=O)c2cc(Nc3ccccc3C)ncn2)cc1. The van der Waals surface area contributed by atoms with Crippen molar-refractivity contribution in [3.8, 4) is 0 Å². The molecule has 0 saturated carbocycles. The van der Waals surface area contributed by atoms with Crippen molar-refractivity contribution in [1.29, 1.82) is 0 Å². The number of hydrogen-bond acceptors (Lipinski definition) is 5. The van der Waals surface area contributed by atoms with Crippen LogP contribution in [0.3, 0.4) is 0 Å². The summed E-state index contributed by atoms with van der Waals surface area (Å²) in [6.07, 6.45) is 1.34. The number of carbonyl (C=O) groups excluding carboxylic acids is 2. The van der Waals surface area contributed by atoms with E-state index < -0.39 is 0 Å². The Morgan fingerprint density at radius 2 is 1.69 bits per heavy atom. The van der Waals surface area contributed by atoms with E-state index in [1.807, 2.05) is 31.2 Å². The number of benzene rings is 2. The van der Waals surface area contributed by atoms with E-state index >= 15 is 0 Å². The molecule has 6 nitrogen and oxygen atoms in total. The van der Waals surface area contributed by atoms with Crippen LogP contribution in [0.2, 0.25) is 0 Å². The molecule has 6 heteroatoms. The largest absolute Gasteiger partial charge is 0.340 e. The third-order valence-corrected chi connectivity index (χ3v) is 3.86. The quantitative estimate of drug-likeness (QED) is 0.683. The summed E-state index contributed by atoms with van der Waals surface area (Å²) < 4.78 is 0. The van der Waals surface area contributed by atoms with Gasteiger partial charge in [-0.05, 0) is 49.7 Å². The van der Waals surface area contributed by atoms with Gasteiger partial charge in [-0.25, -0.2) is 9.97 Å². The molecule has 2 N–H and O–H groups in total. The van der Waals surface area contributed by atoms with Crippen LogP contribution >= 0.6 is 0 Å². The molecule has 0 bridgehead atoms. The highest BCUT2D eigenvalue weighted by Crippen LogP contribution is 2.19. The van der Waals surface area contributed by atoms with Crippen LogP contribution in [0.4, 0.5) is 17.2 Å². The van der Waals surface area contributed by atoms with Crippen molar-refractivity contribution in [2.75, 3.05) is 10.6 Å². The third-order valence-electron chi connectivity index (χ3n) is 3.86. The van der Waals surface area contributed by atoms with Crippen LogP contribution in [0.1, 0.15) is 33.3 Å². The monoisotopic (exact) mass is 346 g/mol. The summed E-state index contributed by atoms with van der Waals surface area (Å²) in [4.78, 5) is 31.9. The van der Waals surface area contributed by atoms with E-state index in [1.165, 1.54) is 13.3 Å². The Hall–Kier alpha value is -3.54. The normalized spacial score (nSPS) is 10.2. The predicted octanol–water partition coefficient (Wildman–Crippen LogP) is 3.98. The number of Topliss-reactive ketones (excluding diaryl/α,β-unsaturated/α-hetero) is 1. The summed E-state index contributed by atoms with van der Waals surface area (Å²) in [5.74, 6) is 0.160. The second-order valence-electron chi connectivity index (χ2n) is 5.82. The molecule has 26 heavy (non-hydrogen) atoms. The first kappa shape index (κ1) is 17.3. The van der Waals surface area contributed by atoms with Crippen molar-refractivity contribution in [2.45, 2.75) is 13.8 Å². The van der Waals surface area contributed by atoms with Gasteiger partial charge in [0, 0.05) is 23.0 Å². The lowest BCUT2D eigenvalue weighted by Crippen LogP contribution is -2.14. The number of anilines is 3. The molecule has 0 atom stereocenters. The van der Waals surface area contributed by atoms with Crippen LogP contribution in [-0.2, 0) is 0 Å². The molecular formula is C20H18N4O2. The molecule has 1 heterocycles. The number of nitrogens with one attached hydrogen (secondary N) is 2. The number of nitrogens with zero attached hydrogens (tertiary/aromatic N) is 2. The fourth-order valence-electron chi connectivity index (χ4n) is 2.38. The molecule has 3 rings (SSSR count). The summed E-state index contributed by atoms with van der Waals surface area (Å²) in [6, 6.07) is 16.1. The van der Waals surface area contributed by atoms with E-state index in [2.05, 4.69) is 20.6 Å². The number of carbonyl (C=O) groups is 2. The van der Waals surface area contributed by atoms with Crippen LogP contribution in [0.25, 0.3) is 0 Å². The summed E-state index contributed by atoms with van der Waals surface area (Å²) in [5, 5.41) is 5.94. The van der Waals surface area contributed by atoms with Gasteiger partial charge in [0.15, 0.2) is 5.78 Å². The van der Waals surface area contributed by atoms with E-state index in [0.29, 0.717) is 17.1 Å². The molecule has 0 aliphatic heterocycles. The Labute approximate surface area is 151 Å². The molecule has 0 saturated heterocycles. The Kier molecular flexibility index (Phi) is 5.03. The number of ketones is 1. The minimum Gasteiger partial charge on any atom is -0.340 e. The van der Waals surface area contributed by atoms with E-state index in [9.17, 15) is 9.59 Å². The van der Waals surface area contributed by atoms with Gasteiger partial charge in [0.2, 0.25) is 0 Å². The first-order chi connectivity index (χ1) is 12.5. The molecule has 3 aromatic rings. The van der Waals surface area contributed by atoms with Gasteiger partial charge in [-0.3, -0.25) is 9.59 Å². The zero-order valence-corrected chi connectivity index (χ0v) is 14.5. The summed E-state index contributed by atoms with van der Waals surface area (Å²) in [7, 11) is 0. The molecule has 0 aliphatic carbocycles. The molecule has 0 aliphatic rings. The average molecular weight is 346 g/mol. The van der Waals surface area contributed by atoms with Crippen LogP contribution in [-0.4, -0.2) is 21.7 Å². The zero-order chi connectivity index (χ0) is 18.5. The molecule has 0 unspecified atom stereocenters. The second-order valence-corrected chi connectivity index (χ2v) is 5.82. The van der Waals surface area contributed by atoms with Gasteiger partial charge in [0.1, 0.15) is 17.8 Å². The van der Waals surface area contributed by atoms with Crippen molar-refractivity contribution in [1.82, 2.24) is 9.97 Å². The maximum Gasteiger partial charge on any atom is 0.274 e. The maximum absolute atomic E-state index is 12.4. The van der Waals surface area contributed by atoms with E-state index in [-0.39, 0.29) is 17.4 Å². The minimum atomic E-state index is -0.351. The number of aryl methyl sites for hydroxylation is 1. The molecule has 1 aromatic heterocycles. The second kappa shape index (κ2) is 7.57. The lowest BCUT2D eigenvalue weighted by molar-refractivity contribution is 0.101. The van der Waals surface area contributed by atoms with E-state index in [1.54, 1.807) is 30.3 Å². The molecule has 0 fully saturated rings. The Bertz CT molecular complexity index is 952. The fraction of sp³-hybridized carbons (Fsp3) is 0.100. The number of aromatic nitrogens is 2. The zero-order valence-electron chi connectivity index (χ0n) is 14.5. The van der Waals surface area contributed by atoms with Crippen LogP contribution < -0.4 is 10.6 Å². The van der Waals surface area contributed by atoms with E-state index in [4.69, 9.17) is 0 Å². The van der Waals surface area contributed by atoms with Crippen molar-refractivity contribution < 1.29 is 9.59 Å². The van der Waals surface area contributed by atoms with Gasteiger partial charge < -0.3 is 10.6 Å². The molecular weight excluding hydrogens is 328 g/mol. The molecule has 0 spiro atoms.